The number of sulfone groups is 1. The normalized spacial score (nSPS) is 19.0. The smallest absolute Gasteiger partial charge is 0.261 e. The van der Waals surface area contributed by atoms with Crippen molar-refractivity contribution in [3.63, 3.8) is 0 Å². The highest BCUT2D eigenvalue weighted by Crippen LogP contribution is 2.27. The van der Waals surface area contributed by atoms with Crippen LogP contribution in [0.2, 0.25) is 0 Å². The van der Waals surface area contributed by atoms with Crippen molar-refractivity contribution in [2.45, 2.75) is 39.7 Å². The minimum absolute atomic E-state index is 0.00352. The SMILES string of the molecule is CCOCCCNC(=O)/C(C#N)=C/c1c(C)nn([C@H]2CCS(=O)(=O)C2)c1C. The van der Waals surface area contributed by atoms with E-state index >= 15 is 0 Å². The number of rotatable bonds is 8. The summed E-state index contributed by atoms with van der Waals surface area (Å²) in [5.41, 5.74) is 2.09. The third-order valence-electron chi connectivity index (χ3n) is 4.54. The number of nitrogens with one attached hydrogen (secondary N) is 1. The zero-order chi connectivity index (χ0) is 20.0. The van der Waals surface area contributed by atoms with Gasteiger partial charge in [-0.2, -0.15) is 10.4 Å². The first-order chi connectivity index (χ1) is 12.8. The van der Waals surface area contributed by atoms with Crippen molar-refractivity contribution in [3.05, 3.63) is 22.5 Å². The molecule has 1 aliphatic heterocycles. The Morgan fingerprint density at radius 3 is 2.81 bits per heavy atom. The van der Waals surface area contributed by atoms with E-state index in [1.54, 1.807) is 11.6 Å². The van der Waals surface area contributed by atoms with Gasteiger partial charge in [-0.15, -0.1) is 0 Å². The second-order valence-corrected chi connectivity index (χ2v) is 8.79. The molecular weight excluding hydrogens is 368 g/mol. The van der Waals surface area contributed by atoms with Gasteiger partial charge in [-0.05, 0) is 39.7 Å². The van der Waals surface area contributed by atoms with Crippen molar-refractivity contribution < 1.29 is 17.9 Å². The Hall–Kier alpha value is -2.18. The van der Waals surface area contributed by atoms with Crippen LogP contribution < -0.4 is 5.32 Å². The van der Waals surface area contributed by atoms with Gasteiger partial charge in [-0.1, -0.05) is 0 Å². The molecule has 2 heterocycles. The number of aromatic nitrogens is 2. The first kappa shape index (κ1) is 21.1. The van der Waals surface area contributed by atoms with E-state index in [9.17, 15) is 18.5 Å². The second kappa shape index (κ2) is 9.15. The average molecular weight is 394 g/mol. The molecule has 0 aliphatic carbocycles. The summed E-state index contributed by atoms with van der Waals surface area (Å²) >= 11 is 0. The first-order valence-electron chi connectivity index (χ1n) is 9.03. The Morgan fingerprint density at radius 1 is 1.48 bits per heavy atom. The van der Waals surface area contributed by atoms with Crippen LogP contribution in [-0.2, 0) is 19.4 Å². The zero-order valence-corrected chi connectivity index (χ0v) is 16.8. The Morgan fingerprint density at radius 2 is 2.22 bits per heavy atom. The van der Waals surface area contributed by atoms with Crippen LogP contribution in [-0.4, -0.2) is 55.4 Å². The number of nitrogens with zero attached hydrogens (tertiary/aromatic N) is 3. The van der Waals surface area contributed by atoms with Crippen molar-refractivity contribution in [2.24, 2.45) is 0 Å². The second-order valence-electron chi connectivity index (χ2n) is 6.56. The Balaban J connectivity index is 2.14. The molecule has 27 heavy (non-hydrogen) atoms. The molecule has 0 aromatic carbocycles. The molecule has 0 spiro atoms. The van der Waals surface area contributed by atoms with Gasteiger partial charge >= 0.3 is 0 Å². The molecule has 0 radical (unpaired) electrons. The van der Waals surface area contributed by atoms with Gasteiger partial charge in [0.1, 0.15) is 11.6 Å². The van der Waals surface area contributed by atoms with Gasteiger partial charge in [0.25, 0.3) is 5.91 Å². The lowest BCUT2D eigenvalue weighted by molar-refractivity contribution is -0.117. The standard InChI is InChI=1S/C18H26N4O4S/c1-4-26-8-5-7-20-18(23)15(11-19)10-17-13(2)21-22(14(17)3)16-6-9-27(24,25)12-16/h10,16H,4-9,12H2,1-3H3,(H,20,23)/b15-10+/t16-/m0/s1. The van der Waals surface area contributed by atoms with E-state index in [0.717, 1.165) is 5.69 Å². The van der Waals surface area contributed by atoms with Crippen LogP contribution in [0.3, 0.4) is 0 Å². The monoisotopic (exact) mass is 394 g/mol. The molecule has 2 rings (SSSR count). The molecule has 1 aromatic heterocycles. The average Bonchev–Trinajstić information content (AvgIpc) is 3.11. The third-order valence-corrected chi connectivity index (χ3v) is 6.29. The van der Waals surface area contributed by atoms with E-state index in [-0.39, 0.29) is 23.1 Å². The Bertz CT molecular complexity index is 865. The number of hydrogen-bond acceptors (Lipinski definition) is 6. The fraction of sp³-hybridized carbons (Fsp3) is 0.611. The number of hydrogen-bond donors (Lipinski definition) is 1. The first-order valence-corrected chi connectivity index (χ1v) is 10.8. The lowest BCUT2D eigenvalue weighted by Gasteiger charge is -2.11. The predicted molar refractivity (Wildman–Crippen MR) is 102 cm³/mol. The van der Waals surface area contributed by atoms with E-state index in [1.165, 1.54) is 6.08 Å². The number of aryl methyl sites for hydroxylation is 1. The van der Waals surface area contributed by atoms with Gasteiger partial charge in [0.05, 0.1) is 23.2 Å². The quantitative estimate of drug-likeness (QED) is 0.404. The van der Waals surface area contributed by atoms with Gasteiger partial charge < -0.3 is 10.1 Å². The van der Waals surface area contributed by atoms with Crippen molar-refractivity contribution >= 4 is 21.8 Å². The van der Waals surface area contributed by atoms with Crippen LogP contribution in [0.15, 0.2) is 5.57 Å². The molecular formula is C18H26N4O4S. The lowest BCUT2D eigenvalue weighted by atomic mass is 10.1. The summed E-state index contributed by atoms with van der Waals surface area (Å²) in [4.78, 5) is 12.2. The molecule has 0 bridgehead atoms. The molecule has 9 heteroatoms. The Labute approximate surface area is 160 Å². The Kier molecular flexibility index (Phi) is 7.16. The van der Waals surface area contributed by atoms with E-state index in [2.05, 4.69) is 10.4 Å². The molecule has 1 amide bonds. The molecule has 1 atom stereocenters. The minimum Gasteiger partial charge on any atom is -0.382 e. The van der Waals surface area contributed by atoms with Gasteiger partial charge in [0, 0.05) is 31.0 Å². The van der Waals surface area contributed by atoms with Gasteiger partial charge in [0.15, 0.2) is 9.84 Å². The number of nitriles is 1. The van der Waals surface area contributed by atoms with Crippen molar-refractivity contribution in [3.8, 4) is 6.07 Å². The van der Waals surface area contributed by atoms with Crippen LogP contribution in [0, 0.1) is 25.2 Å². The maximum atomic E-state index is 12.2. The fourth-order valence-electron chi connectivity index (χ4n) is 3.12. The summed E-state index contributed by atoms with van der Waals surface area (Å²) in [6.07, 6.45) is 2.72. The maximum Gasteiger partial charge on any atom is 0.261 e. The fourth-order valence-corrected chi connectivity index (χ4v) is 4.81. The summed E-state index contributed by atoms with van der Waals surface area (Å²) in [5, 5.41) is 16.5. The molecule has 0 unspecified atom stereocenters. The predicted octanol–water partition coefficient (Wildman–Crippen LogP) is 1.31. The molecule has 1 aliphatic rings. The highest BCUT2D eigenvalue weighted by atomic mass is 32.2. The zero-order valence-electron chi connectivity index (χ0n) is 16.0. The van der Waals surface area contributed by atoms with E-state index in [0.29, 0.717) is 43.9 Å². The van der Waals surface area contributed by atoms with Crippen molar-refractivity contribution in [1.29, 1.82) is 5.26 Å². The number of amides is 1. The van der Waals surface area contributed by atoms with Crippen LogP contribution in [0.1, 0.15) is 42.8 Å². The number of carbonyl (C=O) groups is 1. The molecule has 0 saturated carbocycles. The summed E-state index contributed by atoms with van der Waals surface area (Å²) in [6, 6.07) is 1.73. The molecule has 1 N–H and O–H groups in total. The van der Waals surface area contributed by atoms with Gasteiger partial charge in [-0.3, -0.25) is 9.48 Å². The summed E-state index contributed by atoms with van der Waals surface area (Å²) in [5.74, 6) is -0.206. The van der Waals surface area contributed by atoms with E-state index < -0.39 is 15.7 Å². The summed E-state index contributed by atoms with van der Waals surface area (Å²) in [7, 11) is -3.03. The maximum absolute atomic E-state index is 12.2. The summed E-state index contributed by atoms with van der Waals surface area (Å²) < 4.78 is 30.4. The highest BCUT2D eigenvalue weighted by Gasteiger charge is 2.31. The van der Waals surface area contributed by atoms with Gasteiger partial charge in [-0.25, -0.2) is 8.42 Å². The van der Waals surface area contributed by atoms with Crippen molar-refractivity contribution in [2.75, 3.05) is 31.3 Å². The minimum atomic E-state index is -3.03. The van der Waals surface area contributed by atoms with Crippen LogP contribution in [0.5, 0.6) is 0 Å². The van der Waals surface area contributed by atoms with Crippen LogP contribution >= 0.6 is 0 Å². The molecule has 8 nitrogen and oxygen atoms in total. The molecule has 1 aromatic rings. The van der Waals surface area contributed by atoms with Crippen LogP contribution in [0.4, 0.5) is 0 Å². The molecule has 1 saturated heterocycles. The highest BCUT2D eigenvalue weighted by molar-refractivity contribution is 7.91. The lowest BCUT2D eigenvalue weighted by Crippen LogP contribution is -2.26. The van der Waals surface area contributed by atoms with Crippen molar-refractivity contribution in [1.82, 2.24) is 15.1 Å². The summed E-state index contributed by atoms with van der Waals surface area (Å²) in [6.45, 7) is 7.12. The molecule has 1 fully saturated rings. The largest absolute Gasteiger partial charge is 0.382 e. The topological polar surface area (TPSA) is 114 Å². The van der Waals surface area contributed by atoms with E-state index in [4.69, 9.17) is 4.74 Å². The van der Waals surface area contributed by atoms with Gasteiger partial charge in [0.2, 0.25) is 0 Å². The third kappa shape index (κ3) is 5.40. The molecule has 148 valence electrons. The van der Waals surface area contributed by atoms with E-state index in [1.807, 2.05) is 19.9 Å². The van der Waals surface area contributed by atoms with Crippen LogP contribution in [0.25, 0.3) is 6.08 Å². The number of ether oxygens (including phenoxy) is 1. The number of carbonyl (C=O) groups excluding carboxylic acids is 1.